The SMILES string of the molecule is COc1cc(Br)cc2c1O[C@@]1(C)C[C@H]2NC(=O)N1Cc1ccccc1. The lowest BCUT2D eigenvalue weighted by atomic mass is 9.90. The van der Waals surface area contributed by atoms with Gasteiger partial charge >= 0.3 is 6.03 Å². The lowest BCUT2D eigenvalue weighted by molar-refractivity contribution is -0.0891. The molecule has 2 aromatic rings. The number of hydrogen-bond acceptors (Lipinski definition) is 3. The zero-order valence-corrected chi connectivity index (χ0v) is 15.7. The highest BCUT2D eigenvalue weighted by molar-refractivity contribution is 9.10. The van der Waals surface area contributed by atoms with Crippen molar-refractivity contribution in [1.29, 1.82) is 0 Å². The Hall–Kier alpha value is -2.21. The molecule has 0 saturated carbocycles. The Kier molecular flexibility index (Phi) is 3.87. The van der Waals surface area contributed by atoms with Crippen LogP contribution >= 0.6 is 15.9 Å². The van der Waals surface area contributed by atoms with Gasteiger partial charge in [0.2, 0.25) is 0 Å². The molecule has 0 unspecified atom stereocenters. The van der Waals surface area contributed by atoms with Gasteiger partial charge in [-0.3, -0.25) is 4.90 Å². The van der Waals surface area contributed by atoms with E-state index >= 15 is 0 Å². The van der Waals surface area contributed by atoms with Gasteiger partial charge in [-0.05, 0) is 24.6 Å². The highest BCUT2D eigenvalue weighted by atomic mass is 79.9. The highest BCUT2D eigenvalue weighted by Crippen LogP contribution is 2.49. The Morgan fingerprint density at radius 1 is 1.36 bits per heavy atom. The standard InChI is InChI=1S/C19H19BrN2O3/c1-19-10-15(14-8-13(20)9-16(24-2)17(14)25-19)21-18(23)22(19)11-12-6-4-3-5-7-12/h3-9,15H,10-11H2,1-2H3,(H,21,23)/t15-,19+/m1/s1. The number of methoxy groups -OCH3 is 1. The number of carbonyl (C=O) groups excluding carboxylic acids is 1. The summed E-state index contributed by atoms with van der Waals surface area (Å²) in [6, 6.07) is 13.6. The second kappa shape index (κ2) is 5.95. The van der Waals surface area contributed by atoms with Gasteiger partial charge in [0.1, 0.15) is 0 Å². The maximum atomic E-state index is 12.8. The van der Waals surface area contributed by atoms with Crippen molar-refractivity contribution in [2.45, 2.75) is 31.7 Å². The number of rotatable bonds is 3. The molecule has 1 fully saturated rings. The third-order valence-corrected chi connectivity index (χ3v) is 5.30. The number of benzene rings is 2. The first kappa shape index (κ1) is 16.3. The van der Waals surface area contributed by atoms with E-state index in [1.54, 1.807) is 12.0 Å². The van der Waals surface area contributed by atoms with Crippen molar-refractivity contribution >= 4 is 22.0 Å². The number of amides is 2. The van der Waals surface area contributed by atoms with Crippen molar-refractivity contribution in [1.82, 2.24) is 10.2 Å². The summed E-state index contributed by atoms with van der Waals surface area (Å²) >= 11 is 3.50. The first-order chi connectivity index (χ1) is 12.0. The summed E-state index contributed by atoms with van der Waals surface area (Å²) < 4.78 is 12.7. The minimum absolute atomic E-state index is 0.0975. The van der Waals surface area contributed by atoms with Gasteiger partial charge in [-0.2, -0.15) is 0 Å². The Morgan fingerprint density at radius 3 is 2.84 bits per heavy atom. The smallest absolute Gasteiger partial charge is 0.321 e. The fraction of sp³-hybridized carbons (Fsp3) is 0.316. The summed E-state index contributed by atoms with van der Waals surface area (Å²) in [5.41, 5.74) is 1.28. The minimum atomic E-state index is -0.725. The molecule has 2 aliphatic heterocycles. The van der Waals surface area contributed by atoms with Crippen molar-refractivity contribution in [3.05, 3.63) is 58.1 Å². The molecule has 2 aliphatic rings. The van der Waals surface area contributed by atoms with Crippen molar-refractivity contribution < 1.29 is 14.3 Å². The highest BCUT2D eigenvalue weighted by Gasteiger charge is 2.49. The van der Waals surface area contributed by atoms with E-state index in [4.69, 9.17) is 9.47 Å². The van der Waals surface area contributed by atoms with Crippen LogP contribution in [0.2, 0.25) is 0 Å². The predicted octanol–water partition coefficient (Wildman–Crippen LogP) is 4.22. The normalized spacial score (nSPS) is 24.2. The molecule has 1 saturated heterocycles. The van der Waals surface area contributed by atoms with Gasteiger partial charge in [0.25, 0.3) is 0 Å². The molecule has 1 N–H and O–H groups in total. The van der Waals surface area contributed by atoms with E-state index in [1.165, 1.54) is 0 Å². The predicted molar refractivity (Wildman–Crippen MR) is 97.6 cm³/mol. The quantitative estimate of drug-likeness (QED) is 0.835. The molecule has 0 radical (unpaired) electrons. The van der Waals surface area contributed by atoms with Crippen LogP contribution in [0.3, 0.4) is 0 Å². The maximum absolute atomic E-state index is 12.8. The van der Waals surface area contributed by atoms with Crippen LogP contribution in [-0.2, 0) is 6.54 Å². The van der Waals surface area contributed by atoms with E-state index in [9.17, 15) is 4.79 Å². The molecule has 0 spiro atoms. The molecule has 5 nitrogen and oxygen atoms in total. The molecule has 0 aromatic heterocycles. The first-order valence-electron chi connectivity index (χ1n) is 8.19. The maximum Gasteiger partial charge on any atom is 0.321 e. The minimum Gasteiger partial charge on any atom is -0.493 e. The lowest BCUT2D eigenvalue weighted by Crippen LogP contribution is -2.64. The van der Waals surface area contributed by atoms with E-state index in [2.05, 4.69) is 21.2 Å². The zero-order valence-electron chi connectivity index (χ0n) is 14.1. The molecule has 130 valence electrons. The summed E-state index contributed by atoms with van der Waals surface area (Å²) in [6.07, 6.45) is 0.679. The topological polar surface area (TPSA) is 50.8 Å². The summed E-state index contributed by atoms with van der Waals surface area (Å²) in [7, 11) is 1.62. The lowest BCUT2D eigenvalue weighted by Gasteiger charge is -2.51. The number of urea groups is 1. The largest absolute Gasteiger partial charge is 0.493 e. The third kappa shape index (κ3) is 2.74. The average Bonchev–Trinajstić information content (AvgIpc) is 2.59. The summed E-state index contributed by atoms with van der Waals surface area (Å²) in [5, 5.41) is 3.11. The van der Waals surface area contributed by atoms with E-state index in [0.29, 0.717) is 24.5 Å². The number of carbonyl (C=O) groups is 1. The van der Waals surface area contributed by atoms with Gasteiger partial charge in [0.15, 0.2) is 17.2 Å². The van der Waals surface area contributed by atoms with Gasteiger partial charge in [-0.1, -0.05) is 46.3 Å². The van der Waals surface area contributed by atoms with Gasteiger partial charge in [-0.25, -0.2) is 4.79 Å². The van der Waals surface area contributed by atoms with Crippen LogP contribution < -0.4 is 14.8 Å². The van der Waals surface area contributed by atoms with Crippen LogP contribution in [0.15, 0.2) is 46.9 Å². The molecule has 25 heavy (non-hydrogen) atoms. The number of nitrogens with one attached hydrogen (secondary N) is 1. The van der Waals surface area contributed by atoms with Crippen LogP contribution in [0.5, 0.6) is 11.5 Å². The average molecular weight is 403 g/mol. The fourth-order valence-electron chi connectivity index (χ4n) is 3.60. The molecular formula is C19H19BrN2O3. The van der Waals surface area contributed by atoms with E-state index in [0.717, 1.165) is 15.6 Å². The summed E-state index contributed by atoms with van der Waals surface area (Å²) in [6.45, 7) is 2.45. The Balaban J connectivity index is 1.74. The number of fused-ring (bicyclic) bond motifs is 4. The molecule has 2 atom stereocenters. The van der Waals surface area contributed by atoms with Crippen LogP contribution in [0, 0.1) is 0 Å². The number of hydrogen-bond donors (Lipinski definition) is 1. The molecule has 6 heteroatoms. The van der Waals surface area contributed by atoms with Crippen LogP contribution in [0.1, 0.15) is 30.5 Å². The number of halogens is 1. The second-order valence-electron chi connectivity index (χ2n) is 6.58. The van der Waals surface area contributed by atoms with E-state index in [1.807, 2.05) is 49.4 Å². The van der Waals surface area contributed by atoms with Gasteiger partial charge in [0.05, 0.1) is 19.7 Å². The molecule has 2 amide bonds. The van der Waals surface area contributed by atoms with Crippen LogP contribution in [0.4, 0.5) is 4.79 Å². The molecule has 2 aromatic carbocycles. The van der Waals surface area contributed by atoms with Crippen molar-refractivity contribution in [3.8, 4) is 11.5 Å². The van der Waals surface area contributed by atoms with E-state index in [-0.39, 0.29) is 12.1 Å². The molecular weight excluding hydrogens is 384 g/mol. The molecule has 0 aliphatic carbocycles. The monoisotopic (exact) mass is 402 g/mol. The summed E-state index contributed by atoms with van der Waals surface area (Å²) in [4.78, 5) is 14.5. The first-order valence-corrected chi connectivity index (χ1v) is 8.98. The summed E-state index contributed by atoms with van der Waals surface area (Å²) in [5.74, 6) is 1.36. The zero-order chi connectivity index (χ0) is 17.6. The number of nitrogens with zero attached hydrogens (tertiary/aromatic N) is 1. The van der Waals surface area contributed by atoms with Gasteiger partial charge in [-0.15, -0.1) is 0 Å². The third-order valence-electron chi connectivity index (χ3n) is 4.85. The Morgan fingerprint density at radius 2 is 2.12 bits per heavy atom. The van der Waals surface area contributed by atoms with Crippen molar-refractivity contribution in [2.75, 3.05) is 7.11 Å². The van der Waals surface area contributed by atoms with Crippen molar-refractivity contribution in [3.63, 3.8) is 0 Å². The molecule has 2 heterocycles. The molecule has 4 rings (SSSR count). The fourth-order valence-corrected chi connectivity index (χ4v) is 4.05. The van der Waals surface area contributed by atoms with Gasteiger partial charge in [0, 0.05) is 16.5 Å². The van der Waals surface area contributed by atoms with E-state index < -0.39 is 5.72 Å². The van der Waals surface area contributed by atoms with Gasteiger partial charge < -0.3 is 14.8 Å². The number of ether oxygens (including phenoxy) is 2. The Bertz CT molecular complexity index is 827. The molecule has 2 bridgehead atoms. The second-order valence-corrected chi connectivity index (χ2v) is 7.50. The van der Waals surface area contributed by atoms with Crippen molar-refractivity contribution in [2.24, 2.45) is 0 Å². The van der Waals surface area contributed by atoms with Crippen LogP contribution in [-0.4, -0.2) is 23.8 Å². The Labute approximate surface area is 155 Å². The van der Waals surface area contributed by atoms with Crippen LogP contribution in [0.25, 0.3) is 0 Å².